The number of fused-ring (bicyclic) bond motifs is 1. The highest BCUT2D eigenvalue weighted by molar-refractivity contribution is 8.02. The summed E-state index contributed by atoms with van der Waals surface area (Å²) in [5.41, 5.74) is 0.450. The van der Waals surface area contributed by atoms with E-state index >= 15 is 0 Å². The van der Waals surface area contributed by atoms with Gasteiger partial charge in [0.1, 0.15) is 0 Å². The summed E-state index contributed by atoms with van der Waals surface area (Å²) in [6.07, 6.45) is 0.529. The second-order valence-electron chi connectivity index (χ2n) is 6.48. The van der Waals surface area contributed by atoms with Gasteiger partial charge in [-0.05, 0) is 40.7 Å². The first-order valence-corrected chi connectivity index (χ1v) is 7.89. The second kappa shape index (κ2) is 4.63. The average Bonchev–Trinajstić information content (AvgIpc) is 2.56. The summed E-state index contributed by atoms with van der Waals surface area (Å²) < 4.78 is 0.896. The molecule has 0 saturated carbocycles. The number of carbonyl (C=O) groups is 2. The molecule has 2 rings (SSSR count). The summed E-state index contributed by atoms with van der Waals surface area (Å²) in [7, 11) is 0. The molecule has 0 radical (unpaired) electrons. The molecule has 1 amide bonds. The van der Waals surface area contributed by atoms with Gasteiger partial charge in [-0.15, -0.1) is 23.1 Å². The molecule has 0 atom stereocenters. The number of Topliss-reactive ketones (excluding diaryl/α,β-unsaturated/α-hetero) is 1. The Bertz CT molecular complexity index is 538. The molecule has 0 aliphatic carbocycles. The van der Waals surface area contributed by atoms with Crippen molar-refractivity contribution in [3.8, 4) is 0 Å². The van der Waals surface area contributed by atoms with Crippen LogP contribution < -0.4 is 5.32 Å². The van der Waals surface area contributed by atoms with Crippen LogP contribution in [0.3, 0.4) is 0 Å². The van der Waals surface area contributed by atoms with Gasteiger partial charge < -0.3 is 5.32 Å². The first kappa shape index (κ1) is 14.6. The van der Waals surface area contributed by atoms with Gasteiger partial charge in [0.25, 0.3) is 5.91 Å². The lowest BCUT2D eigenvalue weighted by Crippen LogP contribution is -2.40. The number of ketones is 1. The average molecular weight is 297 g/mol. The van der Waals surface area contributed by atoms with Gasteiger partial charge in [0, 0.05) is 22.3 Å². The molecular formula is C14H19NO2S2. The summed E-state index contributed by atoms with van der Waals surface area (Å²) in [5.74, 6) is 0.0444. The van der Waals surface area contributed by atoms with Crippen LogP contribution >= 0.6 is 23.1 Å². The molecule has 1 aliphatic heterocycles. The fraction of sp³-hybridized carbons (Fsp3) is 0.571. The second-order valence-corrected chi connectivity index (χ2v) is 9.51. The third-order valence-electron chi connectivity index (χ3n) is 2.67. The lowest BCUT2D eigenvalue weighted by molar-refractivity contribution is 0.0923. The molecule has 0 fully saturated rings. The van der Waals surface area contributed by atoms with Gasteiger partial charge in [-0.3, -0.25) is 9.59 Å². The summed E-state index contributed by atoms with van der Waals surface area (Å²) in [6.45, 7) is 9.96. The largest absolute Gasteiger partial charge is 0.347 e. The Labute approximate surface area is 122 Å². The van der Waals surface area contributed by atoms with Crippen LogP contribution in [0.4, 0.5) is 0 Å². The minimum absolute atomic E-state index is 0.0767. The zero-order valence-electron chi connectivity index (χ0n) is 11.9. The van der Waals surface area contributed by atoms with Crippen LogP contribution in [0.5, 0.6) is 0 Å². The first-order chi connectivity index (χ1) is 8.57. The molecule has 0 aromatic carbocycles. The molecule has 1 aliphatic rings. The van der Waals surface area contributed by atoms with E-state index in [-0.39, 0.29) is 22.0 Å². The minimum atomic E-state index is -0.266. The van der Waals surface area contributed by atoms with Gasteiger partial charge in [-0.25, -0.2) is 0 Å². The molecule has 0 unspecified atom stereocenters. The zero-order chi connectivity index (χ0) is 14.4. The number of hydrogen-bond donors (Lipinski definition) is 1. The van der Waals surface area contributed by atoms with Crippen molar-refractivity contribution in [3.05, 3.63) is 16.5 Å². The minimum Gasteiger partial charge on any atom is -0.347 e. The fourth-order valence-corrected chi connectivity index (χ4v) is 4.83. The number of thiophene rings is 1. The van der Waals surface area contributed by atoms with E-state index in [9.17, 15) is 9.59 Å². The van der Waals surface area contributed by atoms with Crippen LogP contribution in [0, 0.1) is 0 Å². The van der Waals surface area contributed by atoms with Crippen LogP contribution in [0.25, 0.3) is 0 Å². The molecule has 19 heavy (non-hydrogen) atoms. The van der Waals surface area contributed by atoms with E-state index in [2.05, 4.69) is 19.2 Å². The van der Waals surface area contributed by atoms with E-state index in [1.807, 2.05) is 20.8 Å². The Hall–Kier alpha value is -0.810. The van der Waals surface area contributed by atoms with Gasteiger partial charge in [-0.1, -0.05) is 0 Å². The third-order valence-corrected chi connectivity index (χ3v) is 5.20. The zero-order valence-corrected chi connectivity index (χ0v) is 13.6. The third kappa shape index (κ3) is 3.39. The normalized spacial score (nSPS) is 18.1. The molecule has 104 valence electrons. The van der Waals surface area contributed by atoms with E-state index in [4.69, 9.17) is 0 Å². The molecule has 0 spiro atoms. The van der Waals surface area contributed by atoms with E-state index in [0.29, 0.717) is 16.9 Å². The smallest absolute Gasteiger partial charge is 0.261 e. The Morgan fingerprint density at radius 2 is 2.00 bits per heavy atom. The number of amides is 1. The van der Waals surface area contributed by atoms with Gasteiger partial charge in [0.2, 0.25) is 0 Å². The van der Waals surface area contributed by atoms with Crippen molar-refractivity contribution < 1.29 is 9.59 Å². The maximum absolute atomic E-state index is 12.1. The quantitative estimate of drug-likeness (QED) is 0.859. The standard InChI is InChI=1S/C14H19NO2S2/c1-13(2,3)15-11(17)10-6-8-9(16)7-14(4,5)19-12(8)18-10/h6H,7H2,1-5H3,(H,15,17). The van der Waals surface area contributed by atoms with Gasteiger partial charge in [0.05, 0.1) is 9.09 Å². The molecule has 1 N–H and O–H groups in total. The highest BCUT2D eigenvalue weighted by Crippen LogP contribution is 2.46. The van der Waals surface area contributed by atoms with E-state index in [1.54, 1.807) is 17.8 Å². The fourth-order valence-electron chi connectivity index (χ4n) is 1.93. The monoisotopic (exact) mass is 297 g/mol. The summed E-state index contributed by atoms with van der Waals surface area (Å²) >= 11 is 3.11. The van der Waals surface area contributed by atoms with E-state index in [1.165, 1.54) is 11.3 Å². The van der Waals surface area contributed by atoms with Gasteiger partial charge >= 0.3 is 0 Å². The van der Waals surface area contributed by atoms with Crippen molar-refractivity contribution in [1.29, 1.82) is 0 Å². The van der Waals surface area contributed by atoms with Crippen molar-refractivity contribution in [2.45, 2.75) is 55.5 Å². The Morgan fingerprint density at radius 1 is 1.37 bits per heavy atom. The molecule has 1 aromatic heterocycles. The molecule has 5 heteroatoms. The maximum Gasteiger partial charge on any atom is 0.261 e. The van der Waals surface area contributed by atoms with Crippen molar-refractivity contribution >= 4 is 34.8 Å². The SMILES string of the molecule is CC(C)(C)NC(=O)c1cc2c(s1)SC(C)(C)CC2=O. The number of thioether (sulfide) groups is 1. The number of nitrogens with one attached hydrogen (secondary N) is 1. The van der Waals surface area contributed by atoms with Crippen LogP contribution in [-0.2, 0) is 0 Å². The molecule has 1 aromatic rings. The van der Waals surface area contributed by atoms with Crippen LogP contribution in [0.1, 0.15) is 61.1 Å². The van der Waals surface area contributed by atoms with Crippen molar-refractivity contribution in [2.75, 3.05) is 0 Å². The molecular weight excluding hydrogens is 278 g/mol. The highest BCUT2D eigenvalue weighted by Gasteiger charge is 2.34. The summed E-state index contributed by atoms with van der Waals surface area (Å²) in [4.78, 5) is 24.8. The van der Waals surface area contributed by atoms with Gasteiger partial charge in [0.15, 0.2) is 5.78 Å². The Kier molecular flexibility index (Phi) is 3.56. The Morgan fingerprint density at radius 3 is 2.58 bits per heavy atom. The van der Waals surface area contributed by atoms with Crippen LogP contribution in [0.15, 0.2) is 10.3 Å². The topological polar surface area (TPSA) is 46.2 Å². The van der Waals surface area contributed by atoms with Crippen LogP contribution in [0.2, 0.25) is 0 Å². The van der Waals surface area contributed by atoms with Crippen molar-refractivity contribution in [1.82, 2.24) is 5.32 Å². The first-order valence-electron chi connectivity index (χ1n) is 6.26. The van der Waals surface area contributed by atoms with E-state index in [0.717, 1.165) is 4.21 Å². The lowest BCUT2D eigenvalue weighted by Gasteiger charge is -2.26. The van der Waals surface area contributed by atoms with E-state index < -0.39 is 0 Å². The number of carbonyl (C=O) groups excluding carboxylic acids is 2. The molecule has 2 heterocycles. The summed E-state index contributed by atoms with van der Waals surface area (Å²) in [5, 5.41) is 2.93. The lowest BCUT2D eigenvalue weighted by atomic mass is 10.0. The molecule has 3 nitrogen and oxygen atoms in total. The maximum atomic E-state index is 12.1. The number of hydrogen-bond acceptors (Lipinski definition) is 4. The molecule has 0 saturated heterocycles. The summed E-state index contributed by atoms with van der Waals surface area (Å²) in [6, 6.07) is 1.74. The Balaban J connectivity index is 2.28. The van der Waals surface area contributed by atoms with Gasteiger partial charge in [-0.2, -0.15) is 0 Å². The van der Waals surface area contributed by atoms with Crippen LogP contribution in [-0.4, -0.2) is 22.0 Å². The predicted molar refractivity (Wildman–Crippen MR) is 80.4 cm³/mol. The van der Waals surface area contributed by atoms with Crippen molar-refractivity contribution in [3.63, 3.8) is 0 Å². The predicted octanol–water partition coefficient (Wildman–Crippen LogP) is 3.73. The highest BCUT2D eigenvalue weighted by atomic mass is 32.2. The van der Waals surface area contributed by atoms with Crippen molar-refractivity contribution in [2.24, 2.45) is 0 Å². The number of rotatable bonds is 1. The molecule has 0 bridgehead atoms.